The van der Waals surface area contributed by atoms with Crippen LogP contribution in [0.1, 0.15) is 39.4 Å². The number of rotatable bonds is 3. The number of halogens is 2. The molecule has 2 heterocycles. The van der Waals surface area contributed by atoms with Crippen LogP contribution in [0.25, 0.3) is 0 Å². The summed E-state index contributed by atoms with van der Waals surface area (Å²) in [4.78, 5) is 4.05. The SMILES string of the molecule is CC1(C)OB(c2ncccc2C(O)C(F)F)OC1(C)C. The highest BCUT2D eigenvalue weighted by Gasteiger charge is 2.53. The third kappa shape index (κ3) is 2.57. The van der Waals surface area contributed by atoms with Gasteiger partial charge < -0.3 is 14.4 Å². The Morgan fingerprint density at radius 1 is 1.20 bits per heavy atom. The molecule has 2 rings (SSSR count). The van der Waals surface area contributed by atoms with E-state index in [-0.39, 0.29) is 11.2 Å². The quantitative estimate of drug-likeness (QED) is 0.858. The molecule has 1 aliphatic heterocycles. The Balaban J connectivity index is 2.36. The Hall–Kier alpha value is -1.05. The van der Waals surface area contributed by atoms with Crippen LogP contribution in [0, 0.1) is 0 Å². The first kappa shape index (κ1) is 15.3. The Morgan fingerprint density at radius 2 is 1.75 bits per heavy atom. The van der Waals surface area contributed by atoms with Gasteiger partial charge in [-0.1, -0.05) is 6.07 Å². The molecule has 1 atom stereocenters. The summed E-state index contributed by atoms with van der Waals surface area (Å²) in [6.07, 6.45) is -3.33. The molecular formula is C13H18BF2NO3. The zero-order valence-electron chi connectivity index (χ0n) is 11.9. The fraction of sp³-hybridized carbons (Fsp3) is 0.615. The minimum absolute atomic E-state index is 0.0287. The largest absolute Gasteiger partial charge is 0.514 e. The van der Waals surface area contributed by atoms with Crippen LogP contribution in [0.5, 0.6) is 0 Å². The fourth-order valence-electron chi connectivity index (χ4n) is 1.97. The third-order valence-corrected chi connectivity index (χ3v) is 3.91. The number of hydrogen-bond acceptors (Lipinski definition) is 4. The van der Waals surface area contributed by atoms with Crippen molar-refractivity contribution >= 4 is 12.7 Å². The standard InChI is InChI=1S/C13H18BF2NO3/c1-12(2)13(3,4)20-14(19-12)10-8(6-5-7-17-10)9(18)11(15)16/h5-7,9,11,18H,1-4H3. The second-order valence-electron chi connectivity index (χ2n) is 5.85. The molecule has 0 bridgehead atoms. The highest BCUT2D eigenvalue weighted by atomic mass is 19.3. The van der Waals surface area contributed by atoms with Gasteiger partial charge in [-0.25, -0.2) is 8.78 Å². The van der Waals surface area contributed by atoms with Gasteiger partial charge in [-0.2, -0.15) is 0 Å². The van der Waals surface area contributed by atoms with E-state index in [9.17, 15) is 13.9 Å². The van der Waals surface area contributed by atoms with Gasteiger partial charge in [-0.05, 0) is 33.8 Å². The van der Waals surface area contributed by atoms with Crippen LogP contribution in [0.3, 0.4) is 0 Å². The van der Waals surface area contributed by atoms with Crippen LogP contribution in [-0.4, -0.2) is 34.8 Å². The van der Waals surface area contributed by atoms with Crippen molar-refractivity contribution < 1.29 is 23.2 Å². The molecule has 7 heteroatoms. The lowest BCUT2D eigenvalue weighted by molar-refractivity contribution is -0.00549. The number of aromatic nitrogens is 1. The van der Waals surface area contributed by atoms with Gasteiger partial charge in [0.15, 0.2) is 0 Å². The number of pyridine rings is 1. The maximum Gasteiger partial charge on any atom is 0.514 e. The molecule has 1 aromatic heterocycles. The predicted molar refractivity (Wildman–Crippen MR) is 70.9 cm³/mol. The summed E-state index contributed by atoms with van der Waals surface area (Å²) in [6.45, 7) is 7.44. The van der Waals surface area contributed by atoms with Gasteiger partial charge >= 0.3 is 7.12 Å². The van der Waals surface area contributed by atoms with Crippen molar-refractivity contribution in [3.05, 3.63) is 23.9 Å². The van der Waals surface area contributed by atoms with E-state index in [2.05, 4.69) is 4.98 Å². The molecule has 0 aromatic carbocycles. The highest BCUT2D eigenvalue weighted by molar-refractivity contribution is 6.61. The van der Waals surface area contributed by atoms with E-state index in [4.69, 9.17) is 9.31 Å². The molecule has 110 valence electrons. The maximum absolute atomic E-state index is 12.7. The minimum atomic E-state index is -2.89. The number of nitrogens with zero attached hydrogens (tertiary/aromatic N) is 1. The van der Waals surface area contributed by atoms with Gasteiger partial charge in [-0.15, -0.1) is 0 Å². The zero-order chi connectivity index (χ0) is 15.1. The summed E-state index contributed by atoms with van der Waals surface area (Å²) >= 11 is 0. The molecule has 1 aliphatic rings. The molecule has 1 saturated heterocycles. The second-order valence-corrected chi connectivity index (χ2v) is 5.85. The first-order valence-corrected chi connectivity index (χ1v) is 6.42. The summed E-state index contributed by atoms with van der Waals surface area (Å²) in [5, 5.41) is 9.60. The van der Waals surface area contributed by atoms with Gasteiger partial charge in [0.1, 0.15) is 6.10 Å². The van der Waals surface area contributed by atoms with E-state index < -0.39 is 30.8 Å². The van der Waals surface area contributed by atoms with Crippen molar-refractivity contribution in [2.75, 3.05) is 0 Å². The van der Waals surface area contributed by atoms with Crippen molar-refractivity contribution in [1.29, 1.82) is 0 Å². The molecule has 20 heavy (non-hydrogen) atoms. The second kappa shape index (κ2) is 5.05. The number of aliphatic hydroxyl groups excluding tert-OH is 1. The smallest absolute Gasteiger partial charge is 0.398 e. The number of hydrogen-bond donors (Lipinski definition) is 1. The molecule has 1 fully saturated rings. The predicted octanol–water partition coefficient (Wildman–Crippen LogP) is 1.68. The van der Waals surface area contributed by atoms with Gasteiger partial charge in [-0.3, -0.25) is 4.98 Å². The highest BCUT2D eigenvalue weighted by Crippen LogP contribution is 2.36. The summed E-state index contributed by atoms with van der Waals surface area (Å²) in [5.74, 6) is 0. The topological polar surface area (TPSA) is 51.6 Å². The zero-order valence-corrected chi connectivity index (χ0v) is 11.9. The van der Waals surface area contributed by atoms with Crippen molar-refractivity contribution in [2.45, 2.75) is 51.4 Å². The number of alkyl halides is 2. The van der Waals surface area contributed by atoms with Gasteiger partial charge in [0.05, 0.1) is 16.8 Å². The van der Waals surface area contributed by atoms with E-state index in [0.29, 0.717) is 0 Å². The lowest BCUT2D eigenvalue weighted by Crippen LogP contribution is -2.41. The minimum Gasteiger partial charge on any atom is -0.398 e. The van der Waals surface area contributed by atoms with Crippen molar-refractivity contribution in [1.82, 2.24) is 4.98 Å². The third-order valence-electron chi connectivity index (χ3n) is 3.91. The summed E-state index contributed by atoms with van der Waals surface area (Å²) in [6, 6.07) is 2.90. The van der Waals surface area contributed by atoms with E-state index in [1.165, 1.54) is 18.3 Å². The number of aliphatic hydroxyl groups is 1. The Morgan fingerprint density at radius 3 is 2.25 bits per heavy atom. The van der Waals surface area contributed by atoms with Crippen LogP contribution < -0.4 is 5.59 Å². The van der Waals surface area contributed by atoms with Crippen molar-refractivity contribution in [3.8, 4) is 0 Å². The van der Waals surface area contributed by atoms with Crippen LogP contribution in [-0.2, 0) is 9.31 Å². The fourth-order valence-corrected chi connectivity index (χ4v) is 1.97. The molecule has 1 N–H and O–H groups in total. The molecule has 0 aliphatic carbocycles. The summed E-state index contributed by atoms with van der Waals surface area (Å²) in [5.41, 5.74) is -0.968. The first-order valence-electron chi connectivity index (χ1n) is 6.42. The van der Waals surface area contributed by atoms with Crippen molar-refractivity contribution in [3.63, 3.8) is 0 Å². The van der Waals surface area contributed by atoms with E-state index in [0.717, 1.165) is 0 Å². The Bertz CT molecular complexity index is 480. The molecule has 0 amide bonds. The maximum atomic E-state index is 12.7. The van der Waals surface area contributed by atoms with E-state index in [1.54, 1.807) is 0 Å². The molecule has 1 unspecified atom stereocenters. The average molecular weight is 285 g/mol. The van der Waals surface area contributed by atoms with Gasteiger partial charge in [0, 0.05) is 11.8 Å². The Kier molecular flexibility index (Phi) is 3.88. The monoisotopic (exact) mass is 285 g/mol. The van der Waals surface area contributed by atoms with Crippen LogP contribution >= 0.6 is 0 Å². The normalized spacial score (nSPS) is 22.3. The lowest BCUT2D eigenvalue weighted by Gasteiger charge is -2.32. The molecule has 4 nitrogen and oxygen atoms in total. The summed E-state index contributed by atoms with van der Waals surface area (Å²) < 4.78 is 37.0. The molecular weight excluding hydrogens is 267 g/mol. The Labute approximate surface area is 117 Å². The molecule has 0 saturated carbocycles. The van der Waals surface area contributed by atoms with Crippen LogP contribution in [0.4, 0.5) is 8.78 Å². The van der Waals surface area contributed by atoms with Gasteiger partial charge in [0.25, 0.3) is 6.43 Å². The molecule has 0 radical (unpaired) electrons. The van der Waals surface area contributed by atoms with E-state index in [1.807, 2.05) is 27.7 Å². The first-order chi connectivity index (χ1) is 9.16. The van der Waals surface area contributed by atoms with Gasteiger partial charge in [0.2, 0.25) is 0 Å². The molecule has 1 aromatic rings. The molecule has 0 spiro atoms. The van der Waals surface area contributed by atoms with Crippen molar-refractivity contribution in [2.24, 2.45) is 0 Å². The van der Waals surface area contributed by atoms with Crippen LogP contribution in [0.2, 0.25) is 0 Å². The summed E-state index contributed by atoms with van der Waals surface area (Å²) in [7, 11) is -0.871. The lowest BCUT2D eigenvalue weighted by atomic mass is 9.79. The average Bonchev–Trinajstić information content (AvgIpc) is 2.57. The van der Waals surface area contributed by atoms with E-state index >= 15 is 0 Å². The van der Waals surface area contributed by atoms with Crippen LogP contribution in [0.15, 0.2) is 18.3 Å².